The molecule has 10 heteroatoms. The summed E-state index contributed by atoms with van der Waals surface area (Å²) in [5.74, 6) is -0.209. The SMILES string of the molecule is Cc1c(C(=O)Nc2ccc(F)cc2)sc2nc3n(c(=O)c12)N=C(c1ccc(Cl)cc1)CS3. The molecule has 0 unspecified atom stereocenters. The molecule has 160 valence electrons. The lowest BCUT2D eigenvalue weighted by atomic mass is 10.1. The van der Waals surface area contributed by atoms with Crippen LogP contribution in [0.1, 0.15) is 20.8 Å². The first-order valence-electron chi connectivity index (χ1n) is 9.50. The van der Waals surface area contributed by atoms with Crippen molar-refractivity contribution >= 4 is 62.2 Å². The average molecular weight is 485 g/mol. The summed E-state index contributed by atoms with van der Waals surface area (Å²) < 4.78 is 14.4. The highest BCUT2D eigenvalue weighted by atomic mass is 35.5. The average Bonchev–Trinajstić information content (AvgIpc) is 3.12. The lowest BCUT2D eigenvalue weighted by Crippen LogP contribution is -2.25. The summed E-state index contributed by atoms with van der Waals surface area (Å²) in [5.41, 5.74) is 2.30. The molecule has 0 bridgehead atoms. The molecule has 3 heterocycles. The van der Waals surface area contributed by atoms with Crippen LogP contribution in [-0.4, -0.2) is 27.0 Å². The van der Waals surface area contributed by atoms with Crippen LogP contribution >= 0.6 is 34.7 Å². The monoisotopic (exact) mass is 484 g/mol. The molecule has 2 aromatic heterocycles. The minimum Gasteiger partial charge on any atom is -0.321 e. The molecular weight excluding hydrogens is 471 g/mol. The summed E-state index contributed by atoms with van der Waals surface area (Å²) in [7, 11) is 0. The summed E-state index contributed by atoms with van der Waals surface area (Å²) in [4.78, 5) is 31.5. The van der Waals surface area contributed by atoms with E-state index in [4.69, 9.17) is 11.6 Å². The minimum atomic E-state index is -0.389. The van der Waals surface area contributed by atoms with Gasteiger partial charge in [-0.15, -0.1) is 11.3 Å². The molecule has 0 spiro atoms. The highest BCUT2D eigenvalue weighted by Crippen LogP contribution is 2.31. The first-order chi connectivity index (χ1) is 15.4. The Morgan fingerprint density at radius 3 is 2.59 bits per heavy atom. The van der Waals surface area contributed by atoms with Crippen molar-refractivity contribution in [3.05, 3.63) is 85.7 Å². The van der Waals surface area contributed by atoms with E-state index >= 15 is 0 Å². The second-order valence-corrected chi connectivity index (χ2v) is 9.43. The molecule has 0 saturated carbocycles. The van der Waals surface area contributed by atoms with E-state index in [2.05, 4.69) is 15.4 Å². The van der Waals surface area contributed by atoms with Gasteiger partial charge in [0.15, 0.2) is 5.16 Å². The van der Waals surface area contributed by atoms with E-state index in [9.17, 15) is 14.0 Å². The molecule has 1 aliphatic heterocycles. The molecule has 0 fully saturated rings. The molecule has 0 saturated heterocycles. The van der Waals surface area contributed by atoms with Gasteiger partial charge in [0.05, 0.1) is 16.0 Å². The van der Waals surface area contributed by atoms with E-state index in [0.29, 0.717) is 42.3 Å². The van der Waals surface area contributed by atoms with Crippen LogP contribution in [0.3, 0.4) is 0 Å². The molecule has 6 nitrogen and oxygen atoms in total. The van der Waals surface area contributed by atoms with Crippen molar-refractivity contribution in [2.24, 2.45) is 5.10 Å². The van der Waals surface area contributed by atoms with Gasteiger partial charge in [0.1, 0.15) is 10.6 Å². The summed E-state index contributed by atoms with van der Waals surface area (Å²) in [6, 6.07) is 12.8. The number of thioether (sulfide) groups is 1. The van der Waals surface area contributed by atoms with Gasteiger partial charge < -0.3 is 5.32 Å². The maximum atomic E-state index is 13.3. The molecule has 1 N–H and O–H groups in total. The van der Waals surface area contributed by atoms with Gasteiger partial charge in [0.25, 0.3) is 11.5 Å². The van der Waals surface area contributed by atoms with E-state index in [1.165, 1.54) is 40.7 Å². The van der Waals surface area contributed by atoms with Crippen LogP contribution < -0.4 is 10.9 Å². The summed E-state index contributed by atoms with van der Waals surface area (Å²) in [6.45, 7) is 1.72. The van der Waals surface area contributed by atoms with Crippen LogP contribution in [0, 0.1) is 12.7 Å². The number of halogens is 2. The van der Waals surface area contributed by atoms with E-state index < -0.39 is 0 Å². The van der Waals surface area contributed by atoms with Crippen molar-refractivity contribution in [1.82, 2.24) is 9.66 Å². The number of nitrogens with one attached hydrogen (secondary N) is 1. The standard InChI is InChI=1S/C22H14ClFN4O2S2/c1-11-17-20(32-18(11)19(29)25-15-8-6-14(24)7-9-15)26-22-28(21(17)30)27-16(10-31-22)12-2-4-13(23)5-3-12/h2-9H,10H2,1H3,(H,25,29). The first kappa shape index (κ1) is 20.9. The Morgan fingerprint density at radius 1 is 1.16 bits per heavy atom. The number of aromatic nitrogens is 2. The second kappa shape index (κ2) is 8.16. The largest absolute Gasteiger partial charge is 0.321 e. The molecular formula is C22H14ClFN4O2S2. The molecule has 0 radical (unpaired) electrons. The van der Waals surface area contributed by atoms with Crippen LogP contribution in [0.15, 0.2) is 63.6 Å². The molecule has 0 aliphatic carbocycles. The minimum absolute atomic E-state index is 0.321. The Bertz CT molecular complexity index is 1460. The number of rotatable bonds is 3. The van der Waals surface area contributed by atoms with Crippen LogP contribution in [-0.2, 0) is 0 Å². The Labute approximate surface area is 194 Å². The van der Waals surface area contributed by atoms with Crippen LogP contribution in [0.4, 0.5) is 10.1 Å². The number of carbonyl (C=O) groups excluding carboxylic acids is 1. The molecule has 4 aromatic rings. The third kappa shape index (κ3) is 3.72. The maximum Gasteiger partial charge on any atom is 0.283 e. The quantitative estimate of drug-likeness (QED) is 0.407. The highest BCUT2D eigenvalue weighted by Gasteiger charge is 2.24. The summed E-state index contributed by atoms with van der Waals surface area (Å²) in [5, 5.41) is 8.73. The fraction of sp³-hybridized carbons (Fsp3) is 0.0909. The van der Waals surface area contributed by atoms with E-state index in [-0.39, 0.29) is 17.3 Å². The van der Waals surface area contributed by atoms with E-state index in [0.717, 1.165) is 22.6 Å². The maximum absolute atomic E-state index is 13.3. The highest BCUT2D eigenvalue weighted by molar-refractivity contribution is 7.99. The fourth-order valence-corrected chi connectivity index (χ4v) is 5.48. The van der Waals surface area contributed by atoms with Gasteiger partial charge in [-0.1, -0.05) is 35.5 Å². The Balaban J connectivity index is 1.55. The molecule has 2 aromatic carbocycles. The van der Waals surface area contributed by atoms with Crippen molar-refractivity contribution in [2.45, 2.75) is 12.1 Å². The lowest BCUT2D eigenvalue weighted by molar-refractivity contribution is 0.103. The van der Waals surface area contributed by atoms with Crippen molar-refractivity contribution in [3.63, 3.8) is 0 Å². The van der Waals surface area contributed by atoms with Gasteiger partial charge in [0.2, 0.25) is 0 Å². The summed E-state index contributed by atoms with van der Waals surface area (Å²) >= 11 is 8.53. The predicted octanol–water partition coefficient (Wildman–Crippen LogP) is 5.17. The van der Waals surface area contributed by atoms with Gasteiger partial charge in [-0.05, 0) is 54.4 Å². The predicted molar refractivity (Wildman–Crippen MR) is 127 cm³/mol. The zero-order valence-corrected chi connectivity index (χ0v) is 18.9. The number of aryl methyl sites for hydroxylation is 1. The molecule has 5 rings (SSSR count). The summed E-state index contributed by atoms with van der Waals surface area (Å²) in [6.07, 6.45) is 0. The van der Waals surface area contributed by atoms with Gasteiger partial charge in [0, 0.05) is 16.5 Å². The number of benzene rings is 2. The Kier molecular flexibility index (Phi) is 5.32. The third-order valence-electron chi connectivity index (χ3n) is 4.96. The smallest absolute Gasteiger partial charge is 0.283 e. The van der Waals surface area contributed by atoms with Gasteiger partial charge in [-0.2, -0.15) is 9.78 Å². The first-order valence-corrected chi connectivity index (χ1v) is 11.7. The fourth-order valence-electron chi connectivity index (χ4n) is 3.34. The van der Waals surface area contributed by atoms with Gasteiger partial charge in [-0.25, -0.2) is 9.37 Å². The van der Waals surface area contributed by atoms with Crippen molar-refractivity contribution < 1.29 is 9.18 Å². The van der Waals surface area contributed by atoms with Crippen molar-refractivity contribution in [2.75, 3.05) is 11.1 Å². The topological polar surface area (TPSA) is 76.3 Å². The molecule has 1 amide bonds. The number of hydrogen-bond donors (Lipinski definition) is 1. The number of thiophene rings is 1. The number of carbonyl (C=O) groups is 1. The number of fused-ring (bicyclic) bond motifs is 2. The number of nitrogens with zero attached hydrogens (tertiary/aromatic N) is 3. The van der Waals surface area contributed by atoms with Crippen molar-refractivity contribution in [3.8, 4) is 0 Å². The van der Waals surface area contributed by atoms with E-state index in [1.54, 1.807) is 19.1 Å². The molecule has 32 heavy (non-hydrogen) atoms. The molecule has 1 aliphatic rings. The second-order valence-electron chi connectivity index (χ2n) is 7.05. The van der Waals surface area contributed by atoms with Crippen LogP contribution in [0.2, 0.25) is 5.02 Å². The number of amides is 1. The van der Waals surface area contributed by atoms with Gasteiger partial charge in [-0.3, -0.25) is 9.59 Å². The normalized spacial score (nSPS) is 13.0. The van der Waals surface area contributed by atoms with E-state index in [1.807, 2.05) is 12.1 Å². The van der Waals surface area contributed by atoms with Crippen LogP contribution in [0.5, 0.6) is 0 Å². The number of hydrogen-bond acceptors (Lipinski definition) is 6. The third-order valence-corrected chi connectivity index (χ3v) is 7.33. The Hall–Kier alpha value is -3.01. The zero-order chi connectivity index (χ0) is 22.4. The zero-order valence-electron chi connectivity index (χ0n) is 16.6. The van der Waals surface area contributed by atoms with Crippen molar-refractivity contribution in [1.29, 1.82) is 0 Å². The lowest BCUT2D eigenvalue weighted by Gasteiger charge is -2.15. The molecule has 0 atom stereocenters. The Morgan fingerprint density at radius 2 is 1.88 bits per heavy atom. The van der Waals surface area contributed by atoms with Crippen LogP contribution in [0.25, 0.3) is 10.2 Å². The number of anilines is 1. The van der Waals surface area contributed by atoms with Gasteiger partial charge >= 0.3 is 0 Å².